The topological polar surface area (TPSA) is 163 Å². The maximum Gasteiger partial charge on any atom is 0.346 e. The normalized spacial score (nSPS) is 19.8. The van der Waals surface area contributed by atoms with Crippen LogP contribution in [0.5, 0.6) is 5.75 Å². The number of aromatic nitrogens is 2. The van der Waals surface area contributed by atoms with Crippen molar-refractivity contribution in [3.63, 3.8) is 0 Å². The first-order valence-electron chi connectivity index (χ1n) is 10.2. The molecule has 0 amide bonds. The Bertz CT molecular complexity index is 1540. The molecule has 34 heavy (non-hydrogen) atoms. The number of amidine groups is 1. The van der Waals surface area contributed by atoms with Crippen LogP contribution in [0.3, 0.4) is 0 Å². The van der Waals surface area contributed by atoms with Crippen LogP contribution in [0, 0.1) is 5.92 Å². The highest BCUT2D eigenvalue weighted by Gasteiger charge is 2.34. The van der Waals surface area contributed by atoms with Crippen LogP contribution in [0.1, 0.15) is 18.4 Å². The molecule has 0 spiro atoms. The van der Waals surface area contributed by atoms with Crippen LogP contribution >= 0.6 is 18.9 Å². The van der Waals surface area contributed by atoms with Gasteiger partial charge in [-0.05, 0) is 48.4 Å². The number of sulfonamides is 1. The van der Waals surface area contributed by atoms with E-state index < -0.39 is 28.9 Å². The van der Waals surface area contributed by atoms with Gasteiger partial charge in [0.1, 0.15) is 11.3 Å². The molecule has 14 heteroatoms. The van der Waals surface area contributed by atoms with E-state index in [0.717, 1.165) is 19.1 Å². The molecular formula is C20H20N5O6PS2. The van der Waals surface area contributed by atoms with Crippen molar-refractivity contribution in [1.29, 1.82) is 0 Å². The molecule has 0 bridgehead atoms. The molecule has 3 aromatic rings. The Morgan fingerprint density at radius 3 is 2.74 bits per heavy atom. The smallest absolute Gasteiger partial charge is 0.346 e. The minimum absolute atomic E-state index is 0.0919. The third-order valence-corrected chi connectivity index (χ3v) is 8.15. The van der Waals surface area contributed by atoms with Gasteiger partial charge in [-0.2, -0.15) is 21.2 Å². The van der Waals surface area contributed by atoms with E-state index in [1.807, 2.05) is 5.38 Å². The van der Waals surface area contributed by atoms with E-state index in [9.17, 15) is 27.8 Å². The second-order valence-electron chi connectivity index (χ2n) is 8.24. The van der Waals surface area contributed by atoms with Gasteiger partial charge in [0.25, 0.3) is 5.56 Å². The van der Waals surface area contributed by atoms with E-state index in [1.54, 1.807) is 11.4 Å². The average Bonchev–Trinajstić information content (AvgIpc) is 3.39. The lowest BCUT2D eigenvalue weighted by Gasteiger charge is -2.23. The zero-order valence-corrected chi connectivity index (χ0v) is 20.3. The predicted molar refractivity (Wildman–Crippen MR) is 131 cm³/mol. The molecule has 1 atom stereocenters. The Morgan fingerprint density at radius 2 is 2.09 bits per heavy atom. The molecule has 1 saturated carbocycles. The highest BCUT2D eigenvalue weighted by Crippen LogP contribution is 2.47. The fourth-order valence-electron chi connectivity index (χ4n) is 3.65. The summed E-state index contributed by atoms with van der Waals surface area (Å²) in [4.78, 5) is 24.0. The minimum atomic E-state index is -4.42. The summed E-state index contributed by atoms with van der Waals surface area (Å²) in [5.74, 6) is -0.391. The maximum absolute atomic E-state index is 13.3. The molecule has 2 aliphatic rings. The molecule has 1 unspecified atom stereocenters. The first kappa shape index (κ1) is 22.8. The Labute approximate surface area is 198 Å². The van der Waals surface area contributed by atoms with Gasteiger partial charge in [0, 0.05) is 23.2 Å². The molecule has 1 aliphatic carbocycles. The van der Waals surface area contributed by atoms with Crippen molar-refractivity contribution in [1.82, 2.24) is 9.78 Å². The van der Waals surface area contributed by atoms with Gasteiger partial charge < -0.3 is 15.3 Å². The largest absolute Gasteiger partial charge is 0.505 e. The summed E-state index contributed by atoms with van der Waals surface area (Å²) in [7, 11) is -8.03. The standard InChI is InChI=1S/C20H20N5O6PS2/c1-34(30,31)24-13-4-5-14-15(8-13)32(28,29)23-19(21-14)16-18(26)17(12-6-7-33-10-12)22-25(20(16)27)9-11-2-3-11/h4-8,10-11,24,26H,2-3,9H2,1H3,(H2,21,23,28,29). The SMILES string of the molecule is CS(=O)(=O)Nc1ccc2c(c1)P(=O)(O)N=C(c1c(O)c(-c3ccsc3)nn(CC3CC3)c1=O)N2. The van der Waals surface area contributed by atoms with Gasteiger partial charge in [0.2, 0.25) is 10.0 Å². The third kappa shape index (κ3) is 4.39. The molecule has 4 N–H and O–H groups in total. The Balaban J connectivity index is 1.64. The van der Waals surface area contributed by atoms with Gasteiger partial charge >= 0.3 is 7.52 Å². The average molecular weight is 522 g/mol. The number of anilines is 2. The van der Waals surface area contributed by atoms with E-state index in [0.29, 0.717) is 18.0 Å². The molecule has 3 heterocycles. The van der Waals surface area contributed by atoms with E-state index >= 15 is 0 Å². The molecule has 178 valence electrons. The van der Waals surface area contributed by atoms with Crippen molar-refractivity contribution in [2.75, 3.05) is 16.3 Å². The summed E-state index contributed by atoms with van der Waals surface area (Å²) in [5.41, 5.74) is 0.148. The number of benzene rings is 1. The molecule has 11 nitrogen and oxygen atoms in total. The Kier molecular flexibility index (Phi) is 5.40. The van der Waals surface area contributed by atoms with Crippen molar-refractivity contribution >= 4 is 51.4 Å². The first-order valence-corrected chi connectivity index (χ1v) is 14.7. The lowest BCUT2D eigenvalue weighted by atomic mass is 10.1. The summed E-state index contributed by atoms with van der Waals surface area (Å²) in [5, 5.41) is 21.7. The zero-order valence-electron chi connectivity index (χ0n) is 17.8. The van der Waals surface area contributed by atoms with Gasteiger partial charge in [-0.1, -0.05) is 0 Å². The minimum Gasteiger partial charge on any atom is -0.505 e. The highest BCUT2D eigenvalue weighted by atomic mass is 32.2. The van der Waals surface area contributed by atoms with E-state index in [4.69, 9.17) is 0 Å². The van der Waals surface area contributed by atoms with Crippen LogP contribution < -0.4 is 20.9 Å². The quantitative estimate of drug-likeness (QED) is 0.359. The number of aromatic hydroxyl groups is 1. The van der Waals surface area contributed by atoms with Gasteiger partial charge in [-0.3, -0.25) is 14.1 Å². The number of rotatable bonds is 6. The summed E-state index contributed by atoms with van der Waals surface area (Å²) in [6.45, 7) is 0.366. The summed E-state index contributed by atoms with van der Waals surface area (Å²) in [6, 6.07) is 5.77. The fraction of sp³-hybridized carbons (Fsp3) is 0.250. The number of fused-ring (bicyclic) bond motifs is 1. The van der Waals surface area contributed by atoms with Gasteiger partial charge in [0.15, 0.2) is 11.6 Å². The molecule has 1 aliphatic heterocycles. The van der Waals surface area contributed by atoms with Gasteiger partial charge in [-0.15, -0.1) is 0 Å². The van der Waals surface area contributed by atoms with Crippen LogP contribution in [0.2, 0.25) is 0 Å². The number of nitrogens with zero attached hydrogens (tertiary/aromatic N) is 3. The van der Waals surface area contributed by atoms with Crippen molar-refractivity contribution in [2.24, 2.45) is 10.7 Å². The van der Waals surface area contributed by atoms with E-state index in [2.05, 4.69) is 19.9 Å². The number of nitrogens with one attached hydrogen (secondary N) is 2. The van der Waals surface area contributed by atoms with Crippen molar-refractivity contribution in [3.8, 4) is 17.0 Å². The molecule has 5 rings (SSSR count). The highest BCUT2D eigenvalue weighted by molar-refractivity contribution is 7.92. The van der Waals surface area contributed by atoms with E-state index in [-0.39, 0.29) is 33.8 Å². The van der Waals surface area contributed by atoms with Crippen LogP contribution in [-0.4, -0.2) is 40.3 Å². The van der Waals surface area contributed by atoms with Crippen molar-refractivity contribution in [2.45, 2.75) is 19.4 Å². The van der Waals surface area contributed by atoms with Crippen LogP contribution in [0.25, 0.3) is 11.3 Å². The summed E-state index contributed by atoms with van der Waals surface area (Å²) < 4.78 is 43.6. The fourth-order valence-corrected chi connectivity index (χ4v) is 6.12. The van der Waals surface area contributed by atoms with Crippen LogP contribution in [0.15, 0.2) is 44.6 Å². The molecule has 0 saturated heterocycles. The first-order chi connectivity index (χ1) is 16.0. The summed E-state index contributed by atoms with van der Waals surface area (Å²) in [6.07, 6.45) is 2.91. The number of hydrogen-bond donors (Lipinski definition) is 4. The van der Waals surface area contributed by atoms with Crippen LogP contribution in [-0.2, 0) is 21.1 Å². The molecule has 1 fully saturated rings. The molecular weight excluding hydrogens is 501 g/mol. The lowest BCUT2D eigenvalue weighted by Crippen LogP contribution is -2.35. The van der Waals surface area contributed by atoms with E-state index in [1.165, 1.54) is 34.2 Å². The maximum atomic E-state index is 13.3. The zero-order chi connectivity index (χ0) is 24.3. The Morgan fingerprint density at radius 1 is 1.32 bits per heavy atom. The third-order valence-electron chi connectivity index (χ3n) is 5.39. The second-order valence-corrected chi connectivity index (χ2v) is 12.5. The number of thiophene rings is 1. The van der Waals surface area contributed by atoms with Crippen molar-refractivity contribution < 1.29 is 23.0 Å². The monoisotopic (exact) mass is 521 g/mol. The molecule has 2 aromatic heterocycles. The van der Waals surface area contributed by atoms with Crippen LogP contribution in [0.4, 0.5) is 11.4 Å². The predicted octanol–water partition coefficient (Wildman–Crippen LogP) is 2.14. The Hall–Kier alpha value is -2.99. The van der Waals surface area contributed by atoms with Gasteiger partial charge in [0.05, 0.1) is 17.2 Å². The van der Waals surface area contributed by atoms with Gasteiger partial charge in [-0.25, -0.2) is 13.1 Å². The molecule has 1 aromatic carbocycles. The second kappa shape index (κ2) is 8.05. The molecule has 0 radical (unpaired) electrons. The number of hydrogen-bond acceptors (Lipinski definition) is 8. The lowest BCUT2D eigenvalue weighted by molar-refractivity contribution is 0.456. The van der Waals surface area contributed by atoms with Crippen molar-refractivity contribution in [3.05, 3.63) is 50.9 Å². The summed E-state index contributed by atoms with van der Waals surface area (Å²) >= 11 is 1.40.